The third-order valence-electron chi connectivity index (χ3n) is 3.15. The second-order valence-corrected chi connectivity index (χ2v) is 5.28. The van der Waals surface area contributed by atoms with Crippen LogP contribution in [0.25, 0.3) is 0 Å². The van der Waals surface area contributed by atoms with Gasteiger partial charge in [-0.1, -0.05) is 37.0 Å². The van der Waals surface area contributed by atoms with Crippen molar-refractivity contribution in [3.05, 3.63) is 27.7 Å². The van der Waals surface area contributed by atoms with E-state index in [-0.39, 0.29) is 10.9 Å². The molecule has 0 radical (unpaired) electrons. The van der Waals surface area contributed by atoms with Gasteiger partial charge in [-0.15, -0.1) is 0 Å². The zero-order chi connectivity index (χ0) is 15.1. The van der Waals surface area contributed by atoms with Crippen LogP contribution in [0.1, 0.15) is 30.6 Å². The van der Waals surface area contributed by atoms with Gasteiger partial charge in [0, 0.05) is 12.1 Å². The summed E-state index contributed by atoms with van der Waals surface area (Å²) in [5.41, 5.74) is 6.43. The quantitative estimate of drug-likeness (QED) is 0.600. The molecule has 1 aromatic rings. The van der Waals surface area contributed by atoms with Gasteiger partial charge in [-0.05, 0) is 38.2 Å². The van der Waals surface area contributed by atoms with Gasteiger partial charge < -0.3 is 16.0 Å². The van der Waals surface area contributed by atoms with Gasteiger partial charge in [0.05, 0.1) is 15.7 Å². The van der Waals surface area contributed by atoms with Gasteiger partial charge in [0.15, 0.2) is 0 Å². The average Bonchev–Trinajstić information content (AvgIpc) is 2.44. The van der Waals surface area contributed by atoms with Gasteiger partial charge in [0.1, 0.15) is 0 Å². The summed E-state index contributed by atoms with van der Waals surface area (Å²) in [5.74, 6) is -0.185. The molecule has 0 saturated heterocycles. The highest BCUT2D eigenvalue weighted by Gasteiger charge is 2.11. The fraction of sp³-hybridized carbons (Fsp3) is 0.500. The predicted octanol–water partition coefficient (Wildman–Crippen LogP) is 3.04. The largest absolute Gasteiger partial charge is 0.397 e. The van der Waals surface area contributed by atoms with Crippen LogP contribution in [0.5, 0.6) is 0 Å². The minimum Gasteiger partial charge on any atom is -0.397 e. The minimum absolute atomic E-state index is 0.185. The molecule has 112 valence electrons. The first-order valence-corrected chi connectivity index (χ1v) is 7.50. The number of hydrogen-bond donors (Lipinski definition) is 2. The highest BCUT2D eigenvalue weighted by molar-refractivity contribution is 6.43. The summed E-state index contributed by atoms with van der Waals surface area (Å²) in [6, 6.07) is 3.06. The fourth-order valence-electron chi connectivity index (χ4n) is 1.89. The van der Waals surface area contributed by atoms with Crippen LogP contribution >= 0.6 is 23.2 Å². The number of nitrogens with one attached hydrogen (secondary N) is 1. The van der Waals surface area contributed by atoms with E-state index in [2.05, 4.69) is 24.1 Å². The van der Waals surface area contributed by atoms with Gasteiger partial charge >= 0.3 is 0 Å². The third-order valence-corrected chi connectivity index (χ3v) is 3.97. The third kappa shape index (κ3) is 4.85. The van der Waals surface area contributed by atoms with Gasteiger partial charge in [-0.3, -0.25) is 4.79 Å². The summed E-state index contributed by atoms with van der Waals surface area (Å²) in [6.07, 6.45) is 0.907. The molecule has 0 aromatic heterocycles. The Morgan fingerprint density at radius 2 is 1.95 bits per heavy atom. The lowest BCUT2D eigenvalue weighted by atomic mass is 10.2. The Morgan fingerprint density at radius 1 is 1.30 bits per heavy atom. The molecule has 0 bridgehead atoms. The van der Waals surface area contributed by atoms with Crippen molar-refractivity contribution in [2.45, 2.75) is 20.3 Å². The van der Waals surface area contributed by atoms with Crippen LogP contribution in [0, 0.1) is 0 Å². The van der Waals surface area contributed by atoms with Crippen LogP contribution < -0.4 is 11.1 Å². The maximum absolute atomic E-state index is 12.0. The molecule has 0 fully saturated rings. The summed E-state index contributed by atoms with van der Waals surface area (Å²) >= 11 is 11.8. The first-order chi connectivity index (χ1) is 9.49. The lowest BCUT2D eigenvalue weighted by Gasteiger charge is -2.17. The second kappa shape index (κ2) is 8.35. The predicted molar refractivity (Wildman–Crippen MR) is 85.6 cm³/mol. The summed E-state index contributed by atoms with van der Waals surface area (Å²) in [6.45, 7) is 7.88. The summed E-state index contributed by atoms with van der Waals surface area (Å²) in [7, 11) is 0. The molecular weight excluding hydrogens is 297 g/mol. The highest BCUT2D eigenvalue weighted by atomic mass is 35.5. The molecule has 4 nitrogen and oxygen atoms in total. The van der Waals surface area contributed by atoms with Crippen molar-refractivity contribution in [1.82, 2.24) is 10.2 Å². The highest BCUT2D eigenvalue weighted by Crippen LogP contribution is 2.29. The maximum Gasteiger partial charge on any atom is 0.251 e. The number of carbonyl (C=O) groups is 1. The number of nitrogens with two attached hydrogens (primary N) is 1. The molecule has 1 aromatic carbocycles. The van der Waals surface area contributed by atoms with Crippen molar-refractivity contribution in [3.63, 3.8) is 0 Å². The van der Waals surface area contributed by atoms with Crippen LogP contribution in [-0.4, -0.2) is 37.0 Å². The van der Waals surface area contributed by atoms with E-state index in [1.165, 1.54) is 12.1 Å². The van der Waals surface area contributed by atoms with Crippen molar-refractivity contribution in [2.24, 2.45) is 0 Å². The Labute approximate surface area is 130 Å². The van der Waals surface area contributed by atoms with E-state index in [0.29, 0.717) is 22.8 Å². The molecule has 0 unspecified atom stereocenters. The number of amides is 1. The SMILES string of the molecule is CCN(CC)CCCNC(=O)c1cc(N)c(Cl)c(Cl)c1. The number of rotatable bonds is 7. The first kappa shape index (κ1) is 17.1. The van der Waals surface area contributed by atoms with Crippen LogP contribution in [-0.2, 0) is 0 Å². The Kier molecular flexibility index (Phi) is 7.13. The molecule has 1 rings (SSSR count). The van der Waals surface area contributed by atoms with Crippen molar-refractivity contribution < 1.29 is 4.79 Å². The van der Waals surface area contributed by atoms with Gasteiger partial charge in [-0.25, -0.2) is 0 Å². The zero-order valence-corrected chi connectivity index (χ0v) is 13.4. The Balaban J connectivity index is 2.47. The number of hydrogen-bond acceptors (Lipinski definition) is 3. The van der Waals surface area contributed by atoms with E-state index in [1.54, 1.807) is 0 Å². The van der Waals surface area contributed by atoms with Gasteiger partial charge in [0.2, 0.25) is 0 Å². The van der Waals surface area contributed by atoms with E-state index >= 15 is 0 Å². The molecule has 0 aliphatic heterocycles. The number of halogens is 2. The molecule has 0 aliphatic carbocycles. The van der Waals surface area contributed by atoms with E-state index in [4.69, 9.17) is 28.9 Å². The minimum atomic E-state index is -0.185. The van der Waals surface area contributed by atoms with Crippen LogP contribution in [0.2, 0.25) is 10.0 Å². The van der Waals surface area contributed by atoms with Crippen LogP contribution in [0.4, 0.5) is 5.69 Å². The fourth-order valence-corrected chi connectivity index (χ4v) is 2.22. The van der Waals surface area contributed by atoms with Crippen molar-refractivity contribution in [2.75, 3.05) is 31.9 Å². The number of anilines is 1. The van der Waals surface area contributed by atoms with Crippen LogP contribution in [0.3, 0.4) is 0 Å². The lowest BCUT2D eigenvalue weighted by molar-refractivity contribution is 0.0952. The molecule has 0 aliphatic rings. The van der Waals surface area contributed by atoms with Crippen molar-refractivity contribution in [3.8, 4) is 0 Å². The zero-order valence-electron chi connectivity index (χ0n) is 11.9. The summed E-state index contributed by atoms with van der Waals surface area (Å²) < 4.78 is 0. The average molecular weight is 318 g/mol. The Hall–Kier alpha value is -0.970. The normalized spacial score (nSPS) is 10.8. The van der Waals surface area contributed by atoms with Gasteiger partial charge in [0.25, 0.3) is 5.91 Å². The molecule has 6 heteroatoms. The number of carbonyl (C=O) groups excluding carboxylic acids is 1. The Bertz CT molecular complexity index is 439. The van der Waals surface area contributed by atoms with E-state index in [1.807, 2.05) is 0 Å². The van der Waals surface area contributed by atoms with Crippen molar-refractivity contribution >= 4 is 34.8 Å². The van der Waals surface area contributed by atoms with E-state index in [0.717, 1.165) is 26.1 Å². The van der Waals surface area contributed by atoms with Crippen molar-refractivity contribution in [1.29, 1.82) is 0 Å². The number of nitrogen functional groups attached to an aromatic ring is 1. The maximum atomic E-state index is 12.0. The molecule has 0 atom stereocenters. The summed E-state index contributed by atoms with van der Waals surface area (Å²) in [4.78, 5) is 14.3. The second-order valence-electron chi connectivity index (χ2n) is 4.50. The molecule has 0 saturated carbocycles. The number of nitrogens with zero attached hydrogens (tertiary/aromatic N) is 1. The van der Waals surface area contributed by atoms with E-state index in [9.17, 15) is 4.79 Å². The van der Waals surface area contributed by atoms with Gasteiger partial charge in [-0.2, -0.15) is 0 Å². The number of benzene rings is 1. The standard InChI is InChI=1S/C14H21Cl2N3O/c1-3-19(4-2)7-5-6-18-14(20)10-8-11(15)13(16)12(17)9-10/h8-9H,3-7,17H2,1-2H3,(H,18,20). The topological polar surface area (TPSA) is 58.4 Å². The van der Waals surface area contributed by atoms with E-state index < -0.39 is 0 Å². The lowest BCUT2D eigenvalue weighted by Crippen LogP contribution is -2.29. The first-order valence-electron chi connectivity index (χ1n) is 6.74. The monoisotopic (exact) mass is 317 g/mol. The molecule has 20 heavy (non-hydrogen) atoms. The smallest absolute Gasteiger partial charge is 0.251 e. The van der Waals surface area contributed by atoms with Crippen LogP contribution in [0.15, 0.2) is 12.1 Å². The summed E-state index contributed by atoms with van der Waals surface area (Å²) in [5, 5.41) is 3.43. The molecule has 3 N–H and O–H groups in total. The Morgan fingerprint density at radius 3 is 2.50 bits per heavy atom. The molecule has 0 spiro atoms. The molecule has 0 heterocycles. The molecule has 1 amide bonds. The molecular formula is C14H21Cl2N3O.